The summed E-state index contributed by atoms with van der Waals surface area (Å²) in [6.45, 7) is 3.87. The van der Waals surface area contributed by atoms with Crippen molar-refractivity contribution in [3.05, 3.63) is 59.0 Å². The maximum atomic E-state index is 6.11. The van der Waals surface area contributed by atoms with Crippen LogP contribution in [0.1, 0.15) is 11.1 Å². The lowest BCUT2D eigenvalue weighted by Crippen LogP contribution is -2.04. The van der Waals surface area contributed by atoms with Gasteiger partial charge in [-0.05, 0) is 49.2 Å². The molecule has 0 saturated carbocycles. The maximum absolute atomic E-state index is 6.11. The Bertz CT molecular complexity index is 867. The Morgan fingerprint density at radius 2 is 1.92 bits per heavy atom. The van der Waals surface area contributed by atoms with Gasteiger partial charge in [0.2, 0.25) is 5.88 Å². The van der Waals surface area contributed by atoms with Gasteiger partial charge >= 0.3 is 0 Å². The lowest BCUT2D eigenvalue weighted by Gasteiger charge is -2.12. The normalized spacial score (nSPS) is 10.5. The largest absolute Gasteiger partial charge is 0.437 e. The van der Waals surface area contributed by atoms with Crippen molar-refractivity contribution < 1.29 is 4.74 Å². The molecule has 6 nitrogen and oxygen atoms in total. The first-order valence-electron chi connectivity index (χ1n) is 7.27. The zero-order valence-electron chi connectivity index (χ0n) is 13.2. The maximum Gasteiger partial charge on any atom is 0.248 e. The molecule has 3 rings (SSSR count). The van der Waals surface area contributed by atoms with Crippen LogP contribution in [-0.2, 0) is 0 Å². The minimum Gasteiger partial charge on any atom is -0.437 e. The van der Waals surface area contributed by atoms with Crippen molar-refractivity contribution in [3.8, 4) is 11.6 Å². The third kappa shape index (κ3) is 3.55. The molecule has 0 aliphatic heterocycles. The molecule has 0 saturated heterocycles. The summed E-state index contributed by atoms with van der Waals surface area (Å²) in [6, 6.07) is 9.13. The molecule has 122 valence electrons. The summed E-state index contributed by atoms with van der Waals surface area (Å²) in [4.78, 5) is 12.5. The van der Waals surface area contributed by atoms with Crippen LogP contribution in [0.5, 0.6) is 11.6 Å². The topological polar surface area (TPSA) is 86.0 Å². The van der Waals surface area contributed by atoms with Crippen LogP contribution in [-0.4, -0.2) is 15.0 Å². The average molecular weight is 342 g/mol. The Hall–Kier alpha value is -2.86. The number of rotatable bonds is 4. The molecule has 1 aromatic carbocycles. The zero-order chi connectivity index (χ0) is 17.1. The van der Waals surface area contributed by atoms with Gasteiger partial charge in [0.15, 0.2) is 5.82 Å². The molecule has 0 spiro atoms. The number of ether oxygens (including phenoxy) is 1. The van der Waals surface area contributed by atoms with Gasteiger partial charge in [0.1, 0.15) is 23.6 Å². The van der Waals surface area contributed by atoms with Crippen molar-refractivity contribution in [2.45, 2.75) is 13.8 Å². The molecule has 7 heteroatoms. The molecule has 2 aromatic heterocycles. The minimum absolute atomic E-state index is 0.265. The summed E-state index contributed by atoms with van der Waals surface area (Å²) in [5, 5.41) is 3.73. The number of anilines is 3. The molecule has 0 unspecified atom stereocenters. The van der Waals surface area contributed by atoms with Crippen LogP contribution >= 0.6 is 11.6 Å². The van der Waals surface area contributed by atoms with E-state index in [4.69, 9.17) is 22.1 Å². The third-order valence-corrected chi connectivity index (χ3v) is 3.77. The number of hydrogen-bond donors (Lipinski definition) is 2. The number of aromatic nitrogens is 3. The van der Waals surface area contributed by atoms with Crippen LogP contribution in [0.4, 0.5) is 17.3 Å². The van der Waals surface area contributed by atoms with Crippen LogP contribution in [0.2, 0.25) is 5.02 Å². The molecule has 2 heterocycles. The third-order valence-electron chi connectivity index (χ3n) is 3.35. The Morgan fingerprint density at radius 1 is 1.08 bits per heavy atom. The molecular weight excluding hydrogens is 326 g/mol. The van der Waals surface area contributed by atoms with Crippen LogP contribution < -0.4 is 15.8 Å². The number of nitrogen functional groups attached to an aromatic ring is 1. The molecule has 0 fully saturated rings. The van der Waals surface area contributed by atoms with E-state index in [9.17, 15) is 0 Å². The smallest absolute Gasteiger partial charge is 0.248 e. The van der Waals surface area contributed by atoms with Crippen molar-refractivity contribution in [3.63, 3.8) is 0 Å². The number of nitrogens with zero attached hydrogens (tertiary/aromatic N) is 3. The van der Waals surface area contributed by atoms with E-state index in [0.29, 0.717) is 28.1 Å². The van der Waals surface area contributed by atoms with Gasteiger partial charge in [-0.1, -0.05) is 17.7 Å². The number of benzene rings is 1. The first-order chi connectivity index (χ1) is 11.5. The SMILES string of the molecule is Cc1ccc(Nc2ncnc(Oc3ccc(Cl)c(C)c3)c2N)nc1. The number of pyridine rings is 1. The summed E-state index contributed by atoms with van der Waals surface area (Å²) in [7, 11) is 0. The van der Waals surface area contributed by atoms with Crippen LogP contribution in [0.15, 0.2) is 42.9 Å². The van der Waals surface area contributed by atoms with Gasteiger partial charge in [0.25, 0.3) is 0 Å². The quantitative estimate of drug-likeness (QED) is 0.737. The van der Waals surface area contributed by atoms with Gasteiger partial charge in [-0.3, -0.25) is 0 Å². The van der Waals surface area contributed by atoms with E-state index in [1.165, 1.54) is 6.33 Å². The van der Waals surface area contributed by atoms with Crippen molar-refractivity contribution >= 4 is 28.9 Å². The monoisotopic (exact) mass is 341 g/mol. The first-order valence-corrected chi connectivity index (χ1v) is 7.65. The van der Waals surface area contributed by atoms with Crippen molar-refractivity contribution in [2.75, 3.05) is 11.1 Å². The van der Waals surface area contributed by atoms with E-state index < -0.39 is 0 Å². The molecule has 24 heavy (non-hydrogen) atoms. The molecule has 0 aliphatic rings. The highest BCUT2D eigenvalue weighted by Gasteiger charge is 2.11. The molecule has 0 radical (unpaired) electrons. The summed E-state index contributed by atoms with van der Waals surface area (Å²) >= 11 is 6.02. The Balaban J connectivity index is 1.84. The van der Waals surface area contributed by atoms with Gasteiger partial charge < -0.3 is 15.8 Å². The second-order valence-electron chi connectivity index (χ2n) is 5.30. The van der Waals surface area contributed by atoms with E-state index >= 15 is 0 Å². The van der Waals surface area contributed by atoms with E-state index in [2.05, 4.69) is 20.3 Å². The fourth-order valence-electron chi connectivity index (χ4n) is 2.02. The highest BCUT2D eigenvalue weighted by atomic mass is 35.5. The second-order valence-corrected chi connectivity index (χ2v) is 5.71. The summed E-state index contributed by atoms with van der Waals surface area (Å²) < 4.78 is 5.75. The van der Waals surface area contributed by atoms with Gasteiger partial charge in [0, 0.05) is 11.2 Å². The Labute approximate surface area is 144 Å². The predicted octanol–water partition coefficient (Wildman–Crippen LogP) is 4.26. The van der Waals surface area contributed by atoms with Crippen LogP contribution in [0, 0.1) is 13.8 Å². The lowest BCUT2D eigenvalue weighted by atomic mass is 10.2. The van der Waals surface area contributed by atoms with E-state index in [0.717, 1.165) is 11.1 Å². The predicted molar refractivity (Wildman–Crippen MR) is 95.0 cm³/mol. The average Bonchev–Trinajstić information content (AvgIpc) is 2.57. The second kappa shape index (κ2) is 6.72. The number of nitrogens with one attached hydrogen (secondary N) is 1. The number of halogens is 1. The number of nitrogens with two attached hydrogens (primary N) is 1. The zero-order valence-corrected chi connectivity index (χ0v) is 14.0. The Morgan fingerprint density at radius 3 is 2.62 bits per heavy atom. The van der Waals surface area contributed by atoms with Gasteiger partial charge in [-0.15, -0.1) is 0 Å². The summed E-state index contributed by atoms with van der Waals surface area (Å²) in [5.74, 6) is 1.93. The van der Waals surface area contributed by atoms with Crippen molar-refractivity contribution in [2.24, 2.45) is 0 Å². The molecule has 0 atom stereocenters. The lowest BCUT2D eigenvalue weighted by molar-refractivity contribution is 0.464. The molecule has 3 aromatic rings. The van der Waals surface area contributed by atoms with Crippen molar-refractivity contribution in [1.82, 2.24) is 15.0 Å². The fourth-order valence-corrected chi connectivity index (χ4v) is 2.13. The molecule has 0 amide bonds. The number of hydrogen-bond acceptors (Lipinski definition) is 6. The van der Waals surface area contributed by atoms with E-state index in [1.54, 1.807) is 18.3 Å². The summed E-state index contributed by atoms with van der Waals surface area (Å²) in [6.07, 6.45) is 3.14. The molecule has 3 N–H and O–H groups in total. The molecule has 0 aliphatic carbocycles. The van der Waals surface area contributed by atoms with Crippen molar-refractivity contribution in [1.29, 1.82) is 0 Å². The molecular formula is C17H16ClN5O. The minimum atomic E-state index is 0.265. The standard InChI is InChI=1S/C17H16ClN5O/c1-10-3-6-14(20-8-10)23-16-15(19)17(22-9-21-16)24-12-4-5-13(18)11(2)7-12/h3-9H,19H2,1-2H3,(H,20,21,22,23). The molecule has 0 bridgehead atoms. The van der Waals surface area contributed by atoms with Crippen LogP contribution in [0.25, 0.3) is 0 Å². The fraction of sp³-hybridized carbons (Fsp3) is 0.118. The van der Waals surface area contributed by atoms with Gasteiger partial charge in [-0.25, -0.2) is 9.97 Å². The van der Waals surface area contributed by atoms with Crippen LogP contribution in [0.3, 0.4) is 0 Å². The van der Waals surface area contributed by atoms with Gasteiger partial charge in [0.05, 0.1) is 0 Å². The summed E-state index contributed by atoms with van der Waals surface area (Å²) in [5.41, 5.74) is 8.38. The van der Waals surface area contributed by atoms with Gasteiger partial charge in [-0.2, -0.15) is 4.98 Å². The van der Waals surface area contributed by atoms with E-state index in [1.807, 2.05) is 32.0 Å². The Kier molecular flexibility index (Phi) is 4.48. The highest BCUT2D eigenvalue weighted by Crippen LogP contribution is 2.31. The van der Waals surface area contributed by atoms with E-state index in [-0.39, 0.29) is 5.88 Å². The highest BCUT2D eigenvalue weighted by molar-refractivity contribution is 6.31. The first kappa shape index (κ1) is 16.0. The number of aryl methyl sites for hydroxylation is 2.